The lowest BCUT2D eigenvalue weighted by Crippen LogP contribution is -2.25. The van der Waals surface area contributed by atoms with E-state index >= 15 is 0 Å². The molecule has 0 radical (unpaired) electrons. The average molecular weight is 551 g/mol. The molecule has 2 N–H and O–H groups in total. The van der Waals surface area contributed by atoms with E-state index in [4.69, 9.17) is 4.98 Å². The Labute approximate surface area is 227 Å². The number of nitrogens with one attached hydrogen (secondary N) is 2. The molecule has 2 atom stereocenters. The lowest BCUT2D eigenvalue weighted by molar-refractivity contribution is -0.115. The van der Waals surface area contributed by atoms with E-state index in [2.05, 4.69) is 33.0 Å². The molecule has 4 rings (SSSR count). The highest BCUT2D eigenvalue weighted by atomic mass is 32.2. The van der Waals surface area contributed by atoms with Crippen LogP contribution in [0.4, 0.5) is 11.6 Å². The monoisotopic (exact) mass is 550 g/mol. The SMILES string of the molecule is CCC(Sc1nc2c(cc1C#N)CC(C)CC2)C(=O)Nc1ccc(S(=O)(=O)Nc2nc(C)cc(C)n2)cc1. The fourth-order valence-electron chi connectivity index (χ4n) is 4.35. The molecule has 38 heavy (non-hydrogen) atoms. The predicted molar refractivity (Wildman–Crippen MR) is 147 cm³/mol. The third-order valence-corrected chi connectivity index (χ3v) is 8.99. The van der Waals surface area contributed by atoms with E-state index in [0.717, 1.165) is 30.5 Å². The third kappa shape index (κ3) is 6.49. The number of carbonyl (C=O) groups excluding carboxylic acids is 1. The van der Waals surface area contributed by atoms with E-state index in [1.54, 1.807) is 19.9 Å². The van der Waals surface area contributed by atoms with Crippen molar-refractivity contribution in [3.8, 4) is 6.07 Å². The summed E-state index contributed by atoms with van der Waals surface area (Å²) in [6, 6.07) is 11.8. The van der Waals surface area contributed by atoms with Gasteiger partial charge in [-0.3, -0.25) is 4.79 Å². The van der Waals surface area contributed by atoms with Gasteiger partial charge in [0.1, 0.15) is 11.1 Å². The minimum atomic E-state index is -3.90. The highest BCUT2D eigenvalue weighted by Crippen LogP contribution is 2.32. The number of aromatic nitrogens is 3. The van der Waals surface area contributed by atoms with Crippen LogP contribution in [0.1, 0.15) is 54.9 Å². The zero-order valence-electron chi connectivity index (χ0n) is 21.8. The van der Waals surface area contributed by atoms with E-state index in [1.165, 1.54) is 36.0 Å². The standard InChI is InChI=1S/C27H30N6O3S2/c1-5-24(37-26-20(15-28)14-19-12-16(2)6-11-23(19)32-26)25(34)31-21-7-9-22(10-8-21)38(35,36)33-27-29-17(3)13-18(4)30-27/h7-10,13-14,16,24H,5-6,11-12H2,1-4H3,(H,31,34)(H,29,30,33). The number of hydrogen-bond acceptors (Lipinski definition) is 8. The van der Waals surface area contributed by atoms with Gasteiger partial charge in [-0.05, 0) is 87.4 Å². The quantitative estimate of drug-likeness (QED) is 0.382. The predicted octanol–water partition coefficient (Wildman–Crippen LogP) is 4.80. The van der Waals surface area contributed by atoms with Crippen LogP contribution in [-0.2, 0) is 27.7 Å². The molecule has 1 amide bonds. The molecule has 11 heteroatoms. The number of sulfonamides is 1. The van der Waals surface area contributed by atoms with Crippen LogP contribution in [0.5, 0.6) is 0 Å². The molecule has 0 bridgehead atoms. The van der Waals surface area contributed by atoms with Gasteiger partial charge in [0.15, 0.2) is 0 Å². The van der Waals surface area contributed by atoms with Gasteiger partial charge in [-0.2, -0.15) is 5.26 Å². The molecule has 9 nitrogen and oxygen atoms in total. The Morgan fingerprint density at radius 3 is 2.47 bits per heavy atom. The molecule has 0 fully saturated rings. The summed E-state index contributed by atoms with van der Waals surface area (Å²) in [6.45, 7) is 7.62. The number of nitrogens with zero attached hydrogens (tertiary/aromatic N) is 4. The van der Waals surface area contributed by atoms with Crippen LogP contribution in [0.15, 0.2) is 46.3 Å². The van der Waals surface area contributed by atoms with Crippen LogP contribution in [0, 0.1) is 31.1 Å². The summed E-state index contributed by atoms with van der Waals surface area (Å²) in [5, 5.41) is 12.6. The summed E-state index contributed by atoms with van der Waals surface area (Å²) in [7, 11) is -3.90. The summed E-state index contributed by atoms with van der Waals surface area (Å²) >= 11 is 1.29. The molecule has 0 saturated heterocycles. The largest absolute Gasteiger partial charge is 0.325 e. The van der Waals surface area contributed by atoms with Crippen LogP contribution in [-0.4, -0.2) is 34.5 Å². The second-order valence-corrected chi connectivity index (χ2v) is 12.4. The Bertz CT molecular complexity index is 1480. The lowest BCUT2D eigenvalue weighted by atomic mass is 9.87. The summed E-state index contributed by atoms with van der Waals surface area (Å²) in [6.07, 6.45) is 3.38. The number of thioether (sulfide) groups is 1. The number of carbonyl (C=O) groups is 1. The van der Waals surface area contributed by atoms with Crippen LogP contribution >= 0.6 is 11.8 Å². The van der Waals surface area contributed by atoms with Gasteiger partial charge in [-0.25, -0.2) is 28.1 Å². The lowest BCUT2D eigenvalue weighted by Gasteiger charge is -2.22. The van der Waals surface area contributed by atoms with Crippen molar-refractivity contribution in [1.29, 1.82) is 5.26 Å². The van der Waals surface area contributed by atoms with E-state index < -0.39 is 15.3 Å². The maximum atomic E-state index is 13.1. The normalized spacial score (nSPS) is 15.7. The number of benzene rings is 1. The van der Waals surface area contributed by atoms with Crippen molar-refractivity contribution >= 4 is 39.3 Å². The molecule has 1 aliphatic carbocycles. The van der Waals surface area contributed by atoms with E-state index in [-0.39, 0.29) is 16.8 Å². The molecule has 0 saturated carbocycles. The smallest absolute Gasteiger partial charge is 0.264 e. The maximum absolute atomic E-state index is 13.1. The highest BCUT2D eigenvalue weighted by molar-refractivity contribution is 8.00. The zero-order valence-corrected chi connectivity index (χ0v) is 23.4. The fourth-order valence-corrected chi connectivity index (χ4v) is 6.29. The Kier molecular flexibility index (Phi) is 8.33. The Hall–Kier alpha value is -3.49. The van der Waals surface area contributed by atoms with Gasteiger partial charge in [-0.15, -0.1) is 0 Å². The molecule has 0 spiro atoms. The zero-order chi connectivity index (χ0) is 27.4. The summed E-state index contributed by atoms with van der Waals surface area (Å²) < 4.78 is 28.0. The van der Waals surface area contributed by atoms with Crippen LogP contribution in [0.3, 0.4) is 0 Å². The number of fused-ring (bicyclic) bond motifs is 1. The molecule has 2 aromatic heterocycles. The Morgan fingerprint density at radius 2 is 1.84 bits per heavy atom. The summed E-state index contributed by atoms with van der Waals surface area (Å²) in [4.78, 5) is 26.1. The number of aryl methyl sites for hydroxylation is 3. The maximum Gasteiger partial charge on any atom is 0.264 e. The van der Waals surface area contributed by atoms with E-state index in [1.807, 2.05) is 13.0 Å². The molecule has 2 unspecified atom stereocenters. The Balaban J connectivity index is 1.45. The fraction of sp³-hybridized carbons (Fsp3) is 0.370. The molecular formula is C27H30N6O3S2. The molecule has 3 aromatic rings. The summed E-state index contributed by atoms with van der Waals surface area (Å²) in [5.41, 5.74) is 4.39. The minimum Gasteiger partial charge on any atom is -0.325 e. The van der Waals surface area contributed by atoms with Crippen molar-refractivity contribution in [1.82, 2.24) is 15.0 Å². The minimum absolute atomic E-state index is 0.00438. The highest BCUT2D eigenvalue weighted by Gasteiger charge is 2.24. The molecule has 1 aliphatic rings. The topological polar surface area (TPSA) is 138 Å². The van der Waals surface area contributed by atoms with Gasteiger partial charge < -0.3 is 5.32 Å². The third-order valence-electron chi connectivity index (χ3n) is 6.28. The first-order valence-electron chi connectivity index (χ1n) is 12.4. The first-order chi connectivity index (χ1) is 18.1. The molecule has 198 valence electrons. The van der Waals surface area contributed by atoms with Crippen LogP contribution < -0.4 is 10.0 Å². The number of hydrogen-bond donors (Lipinski definition) is 2. The van der Waals surface area contributed by atoms with Crippen LogP contribution in [0.2, 0.25) is 0 Å². The number of anilines is 2. The van der Waals surface area contributed by atoms with Crippen molar-refractivity contribution in [2.45, 2.75) is 68.5 Å². The van der Waals surface area contributed by atoms with Crippen molar-refractivity contribution in [2.75, 3.05) is 10.0 Å². The van der Waals surface area contributed by atoms with Crippen molar-refractivity contribution in [2.24, 2.45) is 5.92 Å². The second kappa shape index (κ2) is 11.5. The van der Waals surface area contributed by atoms with Gasteiger partial charge in [0.2, 0.25) is 11.9 Å². The summed E-state index contributed by atoms with van der Waals surface area (Å²) in [5.74, 6) is 0.331. The molecule has 1 aromatic carbocycles. The Morgan fingerprint density at radius 1 is 1.16 bits per heavy atom. The number of nitriles is 1. The number of pyridine rings is 1. The van der Waals surface area contributed by atoms with Gasteiger partial charge >= 0.3 is 0 Å². The number of amides is 1. The second-order valence-electron chi connectivity index (χ2n) is 9.51. The molecule has 0 aliphatic heterocycles. The molecule has 2 heterocycles. The van der Waals surface area contributed by atoms with E-state index in [0.29, 0.717) is 40.0 Å². The van der Waals surface area contributed by atoms with Crippen LogP contribution in [0.25, 0.3) is 0 Å². The molecular weight excluding hydrogens is 520 g/mol. The van der Waals surface area contributed by atoms with Crippen molar-refractivity contribution < 1.29 is 13.2 Å². The first kappa shape index (κ1) is 27.5. The van der Waals surface area contributed by atoms with Crippen molar-refractivity contribution in [3.05, 3.63) is 64.6 Å². The van der Waals surface area contributed by atoms with Gasteiger partial charge in [0.25, 0.3) is 10.0 Å². The number of rotatable bonds is 8. The average Bonchev–Trinajstić information content (AvgIpc) is 2.86. The van der Waals surface area contributed by atoms with Gasteiger partial charge in [0, 0.05) is 22.8 Å². The van der Waals surface area contributed by atoms with Gasteiger partial charge in [0.05, 0.1) is 15.7 Å². The first-order valence-corrected chi connectivity index (χ1v) is 14.8. The van der Waals surface area contributed by atoms with Gasteiger partial charge in [-0.1, -0.05) is 25.6 Å². The van der Waals surface area contributed by atoms with E-state index in [9.17, 15) is 18.5 Å². The van der Waals surface area contributed by atoms with Crippen molar-refractivity contribution in [3.63, 3.8) is 0 Å².